The first-order valence-electron chi connectivity index (χ1n) is 5.99. The maximum absolute atomic E-state index is 12.7. The Bertz CT molecular complexity index is 565. The molecule has 2 rings (SSSR count). The van der Waals surface area contributed by atoms with E-state index in [2.05, 4.69) is 0 Å². The Kier molecular flexibility index (Phi) is 4.95. The quantitative estimate of drug-likeness (QED) is 0.795. The van der Waals surface area contributed by atoms with Crippen molar-refractivity contribution in [2.24, 2.45) is 0 Å². The summed E-state index contributed by atoms with van der Waals surface area (Å²) in [6, 6.07) is 7.40. The molecule has 0 radical (unpaired) electrons. The van der Waals surface area contributed by atoms with Gasteiger partial charge in [-0.3, -0.25) is 0 Å². The summed E-state index contributed by atoms with van der Waals surface area (Å²) in [4.78, 5) is 11.1. The predicted molar refractivity (Wildman–Crippen MR) is 73.3 cm³/mol. The van der Waals surface area contributed by atoms with E-state index in [0.29, 0.717) is 31.1 Å². The Morgan fingerprint density at radius 2 is 1.85 bits per heavy atom. The highest BCUT2D eigenvalue weighted by molar-refractivity contribution is 7.12. The van der Waals surface area contributed by atoms with Crippen molar-refractivity contribution in [2.75, 3.05) is 13.2 Å². The fourth-order valence-corrected chi connectivity index (χ4v) is 2.20. The lowest BCUT2D eigenvalue weighted by atomic mass is 10.3. The molecule has 0 unspecified atom stereocenters. The zero-order chi connectivity index (χ0) is 14.4. The Morgan fingerprint density at radius 3 is 2.55 bits per heavy atom. The molecule has 0 saturated heterocycles. The van der Waals surface area contributed by atoms with E-state index < -0.39 is 5.97 Å². The van der Waals surface area contributed by atoms with Gasteiger partial charge in [-0.15, -0.1) is 11.3 Å². The summed E-state index contributed by atoms with van der Waals surface area (Å²) in [6.45, 7) is 0.774. The van der Waals surface area contributed by atoms with E-state index in [9.17, 15) is 9.18 Å². The monoisotopic (exact) mass is 296 g/mol. The second-order valence-electron chi connectivity index (χ2n) is 3.92. The third kappa shape index (κ3) is 3.96. The average molecular weight is 296 g/mol. The van der Waals surface area contributed by atoms with Crippen LogP contribution in [-0.2, 0) is 0 Å². The van der Waals surface area contributed by atoms with E-state index in [4.69, 9.17) is 14.6 Å². The number of ether oxygens (including phenoxy) is 2. The molecule has 0 amide bonds. The van der Waals surface area contributed by atoms with Crippen LogP contribution in [0.3, 0.4) is 0 Å². The zero-order valence-corrected chi connectivity index (χ0v) is 11.4. The van der Waals surface area contributed by atoms with Crippen LogP contribution >= 0.6 is 11.3 Å². The van der Waals surface area contributed by atoms with Crippen LogP contribution in [0.1, 0.15) is 16.1 Å². The highest BCUT2D eigenvalue weighted by Gasteiger charge is 2.12. The molecule has 0 spiro atoms. The van der Waals surface area contributed by atoms with Gasteiger partial charge in [0.25, 0.3) is 0 Å². The molecule has 0 aliphatic carbocycles. The number of rotatable bonds is 7. The van der Waals surface area contributed by atoms with Gasteiger partial charge in [0, 0.05) is 6.42 Å². The summed E-state index contributed by atoms with van der Waals surface area (Å²) in [7, 11) is 0. The lowest BCUT2D eigenvalue weighted by molar-refractivity contribution is 0.0698. The SMILES string of the molecule is O=C(O)c1sccc1OCCCOc1ccc(F)cc1. The minimum absolute atomic E-state index is 0.199. The van der Waals surface area contributed by atoms with E-state index in [1.54, 1.807) is 23.6 Å². The minimum Gasteiger partial charge on any atom is -0.493 e. The standard InChI is InChI=1S/C14H13FO4S/c15-10-2-4-11(5-3-10)18-7-1-8-19-12-6-9-20-13(12)14(16)17/h2-6,9H,1,7-8H2,(H,16,17). The maximum atomic E-state index is 12.7. The highest BCUT2D eigenvalue weighted by atomic mass is 32.1. The summed E-state index contributed by atoms with van der Waals surface area (Å²) < 4.78 is 23.5. The summed E-state index contributed by atoms with van der Waals surface area (Å²) in [5, 5.41) is 10.6. The van der Waals surface area contributed by atoms with E-state index >= 15 is 0 Å². The predicted octanol–water partition coefficient (Wildman–Crippen LogP) is 3.43. The van der Waals surface area contributed by atoms with Crippen molar-refractivity contribution in [2.45, 2.75) is 6.42 Å². The largest absolute Gasteiger partial charge is 0.493 e. The lowest BCUT2D eigenvalue weighted by Crippen LogP contribution is -2.06. The third-order valence-electron chi connectivity index (χ3n) is 2.45. The Morgan fingerprint density at radius 1 is 1.15 bits per heavy atom. The van der Waals surface area contributed by atoms with Crippen LogP contribution in [-0.4, -0.2) is 24.3 Å². The highest BCUT2D eigenvalue weighted by Crippen LogP contribution is 2.24. The number of carboxylic acids is 1. The molecule has 1 aromatic heterocycles. The number of carboxylic acid groups (broad SMARTS) is 1. The van der Waals surface area contributed by atoms with Crippen LogP contribution in [0.15, 0.2) is 35.7 Å². The van der Waals surface area contributed by atoms with E-state index in [1.807, 2.05) is 0 Å². The molecule has 0 saturated carbocycles. The summed E-state index contributed by atoms with van der Waals surface area (Å²) >= 11 is 1.13. The van der Waals surface area contributed by atoms with Crippen molar-refractivity contribution in [1.29, 1.82) is 0 Å². The topological polar surface area (TPSA) is 55.8 Å². The third-order valence-corrected chi connectivity index (χ3v) is 3.34. The summed E-state index contributed by atoms with van der Waals surface area (Å²) in [6.07, 6.45) is 0.603. The van der Waals surface area contributed by atoms with Crippen molar-refractivity contribution < 1.29 is 23.8 Å². The second kappa shape index (κ2) is 6.91. The normalized spacial score (nSPS) is 10.2. The molecular formula is C14H13FO4S. The number of halogens is 1. The summed E-state index contributed by atoms with van der Waals surface area (Å²) in [5.41, 5.74) is 0. The van der Waals surface area contributed by atoms with Gasteiger partial charge >= 0.3 is 5.97 Å². The number of thiophene rings is 1. The van der Waals surface area contributed by atoms with E-state index in [1.165, 1.54) is 12.1 Å². The van der Waals surface area contributed by atoms with E-state index in [-0.39, 0.29) is 10.7 Å². The van der Waals surface area contributed by atoms with Crippen LogP contribution in [0.4, 0.5) is 4.39 Å². The first-order chi connectivity index (χ1) is 9.66. The van der Waals surface area contributed by atoms with Crippen molar-refractivity contribution >= 4 is 17.3 Å². The van der Waals surface area contributed by atoms with Crippen LogP contribution in [0.25, 0.3) is 0 Å². The smallest absolute Gasteiger partial charge is 0.349 e. The second-order valence-corrected chi connectivity index (χ2v) is 4.84. The van der Waals surface area contributed by atoms with Gasteiger partial charge in [0.15, 0.2) is 4.88 Å². The van der Waals surface area contributed by atoms with Gasteiger partial charge in [0.1, 0.15) is 17.3 Å². The molecule has 1 aromatic carbocycles. The van der Waals surface area contributed by atoms with Gasteiger partial charge in [0.2, 0.25) is 0 Å². The van der Waals surface area contributed by atoms with Gasteiger partial charge in [0.05, 0.1) is 13.2 Å². The Hall–Kier alpha value is -2.08. The van der Waals surface area contributed by atoms with Gasteiger partial charge < -0.3 is 14.6 Å². The molecule has 0 aliphatic heterocycles. The molecule has 0 fully saturated rings. The molecule has 2 aromatic rings. The van der Waals surface area contributed by atoms with Crippen LogP contribution in [0.2, 0.25) is 0 Å². The number of hydrogen-bond donors (Lipinski definition) is 1. The van der Waals surface area contributed by atoms with Crippen LogP contribution in [0.5, 0.6) is 11.5 Å². The lowest BCUT2D eigenvalue weighted by Gasteiger charge is -2.07. The van der Waals surface area contributed by atoms with Gasteiger partial charge in [-0.2, -0.15) is 0 Å². The van der Waals surface area contributed by atoms with Gasteiger partial charge in [-0.1, -0.05) is 0 Å². The van der Waals surface area contributed by atoms with E-state index in [0.717, 1.165) is 11.3 Å². The fourth-order valence-electron chi connectivity index (χ4n) is 1.53. The molecule has 106 valence electrons. The molecule has 0 aliphatic rings. The maximum Gasteiger partial charge on any atom is 0.349 e. The first-order valence-corrected chi connectivity index (χ1v) is 6.87. The first kappa shape index (κ1) is 14.3. The summed E-state index contributed by atoms with van der Waals surface area (Å²) in [5.74, 6) is -0.325. The fraction of sp³-hybridized carbons (Fsp3) is 0.214. The molecule has 4 nitrogen and oxygen atoms in total. The molecule has 0 bridgehead atoms. The van der Waals surface area contributed by atoms with Crippen molar-refractivity contribution in [3.05, 3.63) is 46.4 Å². The average Bonchev–Trinajstić information content (AvgIpc) is 2.89. The molecular weight excluding hydrogens is 283 g/mol. The van der Waals surface area contributed by atoms with Crippen LogP contribution in [0, 0.1) is 5.82 Å². The minimum atomic E-state index is -0.988. The molecule has 0 atom stereocenters. The van der Waals surface area contributed by atoms with Crippen molar-refractivity contribution in [1.82, 2.24) is 0 Å². The Labute approximate surface area is 119 Å². The zero-order valence-electron chi connectivity index (χ0n) is 10.5. The molecule has 20 heavy (non-hydrogen) atoms. The van der Waals surface area contributed by atoms with Gasteiger partial charge in [-0.25, -0.2) is 9.18 Å². The number of aromatic carboxylic acids is 1. The molecule has 1 N–H and O–H groups in total. The number of carbonyl (C=O) groups is 1. The molecule has 1 heterocycles. The van der Waals surface area contributed by atoms with Gasteiger partial charge in [-0.05, 0) is 35.7 Å². The van der Waals surface area contributed by atoms with Crippen molar-refractivity contribution in [3.63, 3.8) is 0 Å². The number of hydrogen-bond acceptors (Lipinski definition) is 4. The Balaban J connectivity index is 1.70. The van der Waals surface area contributed by atoms with Crippen molar-refractivity contribution in [3.8, 4) is 11.5 Å². The molecule has 6 heteroatoms. The number of benzene rings is 1. The van der Waals surface area contributed by atoms with Crippen LogP contribution < -0.4 is 9.47 Å².